The van der Waals surface area contributed by atoms with Gasteiger partial charge in [-0.15, -0.1) is 0 Å². The van der Waals surface area contributed by atoms with Gasteiger partial charge < -0.3 is 15.8 Å². The molecule has 1 aliphatic heterocycles. The van der Waals surface area contributed by atoms with Crippen molar-refractivity contribution < 1.29 is 9.53 Å². The summed E-state index contributed by atoms with van der Waals surface area (Å²) in [6, 6.07) is 7.52. The Kier molecular flexibility index (Phi) is 3.98. The number of hydrogen-bond acceptors (Lipinski definition) is 3. The van der Waals surface area contributed by atoms with Gasteiger partial charge in [-0.05, 0) is 30.5 Å². The molecule has 0 saturated carbocycles. The number of carbonyl (C=O) groups excluding carboxylic acids is 1. The van der Waals surface area contributed by atoms with E-state index in [1.165, 1.54) is 0 Å². The number of hydrogen-bond donors (Lipinski definition) is 2. The molecule has 1 saturated heterocycles. The van der Waals surface area contributed by atoms with Gasteiger partial charge in [0.05, 0.1) is 12.5 Å². The Balaban J connectivity index is 1.81. The first-order valence-electron chi connectivity index (χ1n) is 5.95. The van der Waals surface area contributed by atoms with Gasteiger partial charge in [-0.25, -0.2) is 0 Å². The standard InChI is InChI=1S/C13H18N2O2/c14-12-5-3-10(4-6-12)8-15-13(16)11-2-1-7-17-9-11/h3-6,11H,1-2,7-9,14H2,(H,15,16). The molecule has 1 aliphatic rings. The summed E-state index contributed by atoms with van der Waals surface area (Å²) in [6.45, 7) is 1.88. The van der Waals surface area contributed by atoms with Crippen molar-refractivity contribution in [1.82, 2.24) is 5.32 Å². The first kappa shape index (κ1) is 11.9. The van der Waals surface area contributed by atoms with Crippen LogP contribution in [-0.2, 0) is 16.1 Å². The van der Waals surface area contributed by atoms with E-state index in [-0.39, 0.29) is 11.8 Å². The van der Waals surface area contributed by atoms with E-state index in [0.717, 1.165) is 30.7 Å². The third-order valence-electron chi connectivity index (χ3n) is 2.98. The zero-order valence-electron chi connectivity index (χ0n) is 9.82. The lowest BCUT2D eigenvalue weighted by Gasteiger charge is -2.21. The van der Waals surface area contributed by atoms with Crippen LogP contribution in [-0.4, -0.2) is 19.1 Å². The molecule has 4 nitrogen and oxygen atoms in total. The van der Waals surface area contributed by atoms with E-state index in [9.17, 15) is 4.79 Å². The first-order chi connectivity index (χ1) is 8.25. The van der Waals surface area contributed by atoms with Gasteiger partial charge in [0.1, 0.15) is 0 Å². The molecule has 17 heavy (non-hydrogen) atoms. The number of benzene rings is 1. The Bertz CT molecular complexity index is 370. The highest BCUT2D eigenvalue weighted by atomic mass is 16.5. The highest BCUT2D eigenvalue weighted by molar-refractivity contribution is 5.78. The van der Waals surface area contributed by atoms with E-state index >= 15 is 0 Å². The second-order valence-corrected chi connectivity index (χ2v) is 4.37. The van der Waals surface area contributed by atoms with E-state index in [4.69, 9.17) is 10.5 Å². The quantitative estimate of drug-likeness (QED) is 0.775. The van der Waals surface area contributed by atoms with Crippen molar-refractivity contribution >= 4 is 11.6 Å². The summed E-state index contributed by atoms with van der Waals surface area (Å²) in [5.41, 5.74) is 7.39. The zero-order chi connectivity index (χ0) is 12.1. The minimum Gasteiger partial charge on any atom is -0.399 e. The minimum atomic E-state index is 0.0116. The van der Waals surface area contributed by atoms with Crippen LogP contribution in [0, 0.1) is 5.92 Å². The molecule has 1 unspecified atom stereocenters. The number of nitrogens with two attached hydrogens (primary N) is 1. The maximum absolute atomic E-state index is 11.8. The van der Waals surface area contributed by atoms with Crippen molar-refractivity contribution in [3.63, 3.8) is 0 Å². The molecule has 3 N–H and O–H groups in total. The van der Waals surface area contributed by atoms with Gasteiger partial charge in [0.15, 0.2) is 0 Å². The van der Waals surface area contributed by atoms with Crippen LogP contribution in [0.1, 0.15) is 18.4 Å². The summed E-state index contributed by atoms with van der Waals surface area (Å²) in [6.07, 6.45) is 1.90. The van der Waals surface area contributed by atoms with Crippen LogP contribution in [0.4, 0.5) is 5.69 Å². The highest BCUT2D eigenvalue weighted by Gasteiger charge is 2.21. The lowest BCUT2D eigenvalue weighted by atomic mass is 10.0. The van der Waals surface area contributed by atoms with Crippen molar-refractivity contribution in [3.05, 3.63) is 29.8 Å². The number of amides is 1. The molecule has 1 aromatic rings. The fourth-order valence-corrected chi connectivity index (χ4v) is 1.92. The van der Waals surface area contributed by atoms with Crippen LogP contribution >= 0.6 is 0 Å². The van der Waals surface area contributed by atoms with Gasteiger partial charge in [-0.2, -0.15) is 0 Å². The van der Waals surface area contributed by atoms with Crippen molar-refractivity contribution in [2.24, 2.45) is 5.92 Å². The minimum absolute atomic E-state index is 0.0116. The van der Waals surface area contributed by atoms with Crippen molar-refractivity contribution in [2.45, 2.75) is 19.4 Å². The second-order valence-electron chi connectivity index (χ2n) is 4.37. The lowest BCUT2D eigenvalue weighted by molar-refractivity contribution is -0.129. The second kappa shape index (κ2) is 5.68. The average Bonchev–Trinajstić information content (AvgIpc) is 2.39. The molecule has 1 aromatic carbocycles. The maximum Gasteiger partial charge on any atom is 0.225 e. The molecule has 1 atom stereocenters. The van der Waals surface area contributed by atoms with Crippen molar-refractivity contribution in [1.29, 1.82) is 0 Å². The summed E-state index contributed by atoms with van der Waals surface area (Å²) in [5, 5.41) is 2.93. The number of nitrogens with one attached hydrogen (secondary N) is 1. The monoisotopic (exact) mass is 234 g/mol. The zero-order valence-corrected chi connectivity index (χ0v) is 9.82. The molecule has 1 amide bonds. The summed E-state index contributed by atoms with van der Waals surface area (Å²) in [5.74, 6) is 0.0963. The van der Waals surface area contributed by atoms with Gasteiger partial charge in [0.2, 0.25) is 5.91 Å². The van der Waals surface area contributed by atoms with E-state index in [1.54, 1.807) is 0 Å². The molecule has 2 rings (SSSR count). The molecule has 1 fully saturated rings. The smallest absolute Gasteiger partial charge is 0.225 e. The summed E-state index contributed by atoms with van der Waals surface area (Å²) in [7, 11) is 0. The largest absolute Gasteiger partial charge is 0.399 e. The molecule has 1 heterocycles. The topological polar surface area (TPSA) is 64.3 Å². The van der Waals surface area contributed by atoms with Crippen LogP contribution in [0.5, 0.6) is 0 Å². The Morgan fingerprint density at radius 1 is 1.41 bits per heavy atom. The van der Waals surface area contributed by atoms with Gasteiger partial charge in [-0.1, -0.05) is 12.1 Å². The Labute approximate surface area is 101 Å². The summed E-state index contributed by atoms with van der Waals surface area (Å²) in [4.78, 5) is 11.8. The molecular formula is C13H18N2O2. The predicted octanol–water partition coefficient (Wildman–Crippen LogP) is 1.31. The fraction of sp³-hybridized carbons (Fsp3) is 0.462. The molecular weight excluding hydrogens is 216 g/mol. The van der Waals surface area contributed by atoms with Gasteiger partial charge in [-0.3, -0.25) is 4.79 Å². The lowest BCUT2D eigenvalue weighted by Crippen LogP contribution is -2.35. The number of anilines is 1. The number of rotatable bonds is 3. The fourth-order valence-electron chi connectivity index (χ4n) is 1.92. The number of ether oxygens (including phenoxy) is 1. The Morgan fingerprint density at radius 3 is 2.82 bits per heavy atom. The highest BCUT2D eigenvalue weighted by Crippen LogP contribution is 2.13. The van der Waals surface area contributed by atoms with Gasteiger partial charge in [0, 0.05) is 18.8 Å². The van der Waals surface area contributed by atoms with E-state index in [1.807, 2.05) is 24.3 Å². The van der Waals surface area contributed by atoms with Crippen molar-refractivity contribution in [2.75, 3.05) is 18.9 Å². The number of nitrogen functional groups attached to an aromatic ring is 1. The molecule has 4 heteroatoms. The van der Waals surface area contributed by atoms with Crippen LogP contribution < -0.4 is 11.1 Å². The van der Waals surface area contributed by atoms with Gasteiger partial charge >= 0.3 is 0 Å². The van der Waals surface area contributed by atoms with Crippen LogP contribution in [0.15, 0.2) is 24.3 Å². The molecule has 0 spiro atoms. The van der Waals surface area contributed by atoms with E-state index in [0.29, 0.717) is 13.2 Å². The Morgan fingerprint density at radius 2 is 2.18 bits per heavy atom. The summed E-state index contributed by atoms with van der Waals surface area (Å²) >= 11 is 0. The van der Waals surface area contributed by atoms with Crippen molar-refractivity contribution in [3.8, 4) is 0 Å². The average molecular weight is 234 g/mol. The van der Waals surface area contributed by atoms with E-state index < -0.39 is 0 Å². The third kappa shape index (κ3) is 3.46. The number of carbonyl (C=O) groups is 1. The van der Waals surface area contributed by atoms with Crippen LogP contribution in [0.25, 0.3) is 0 Å². The maximum atomic E-state index is 11.8. The SMILES string of the molecule is Nc1ccc(CNC(=O)C2CCCOC2)cc1. The molecule has 0 radical (unpaired) electrons. The molecule has 0 bridgehead atoms. The molecule has 0 aliphatic carbocycles. The van der Waals surface area contributed by atoms with Crippen LogP contribution in [0.3, 0.4) is 0 Å². The molecule has 92 valence electrons. The predicted molar refractivity (Wildman–Crippen MR) is 66.2 cm³/mol. The van der Waals surface area contributed by atoms with Crippen LogP contribution in [0.2, 0.25) is 0 Å². The summed E-state index contributed by atoms with van der Waals surface area (Å²) < 4.78 is 5.29. The Hall–Kier alpha value is -1.55. The van der Waals surface area contributed by atoms with Gasteiger partial charge in [0.25, 0.3) is 0 Å². The molecule has 0 aromatic heterocycles. The van der Waals surface area contributed by atoms with E-state index in [2.05, 4.69) is 5.32 Å². The normalized spacial score (nSPS) is 19.9. The first-order valence-corrected chi connectivity index (χ1v) is 5.95. The third-order valence-corrected chi connectivity index (χ3v) is 2.98.